The minimum atomic E-state index is -0.0554. The average Bonchev–Trinajstić information content (AvgIpc) is 2.99. The van der Waals surface area contributed by atoms with Crippen molar-refractivity contribution in [1.29, 1.82) is 0 Å². The van der Waals surface area contributed by atoms with Crippen LogP contribution in [0.4, 0.5) is 0 Å². The lowest BCUT2D eigenvalue weighted by Crippen LogP contribution is -2.46. The second-order valence-corrected chi connectivity index (χ2v) is 6.39. The van der Waals surface area contributed by atoms with Gasteiger partial charge in [-0.2, -0.15) is 0 Å². The van der Waals surface area contributed by atoms with Crippen LogP contribution in [0, 0.1) is 0 Å². The van der Waals surface area contributed by atoms with Crippen LogP contribution in [0.1, 0.15) is 25.8 Å². The van der Waals surface area contributed by atoms with Crippen LogP contribution in [0.25, 0.3) is 0 Å². The SMILES string of the molecule is COCCNC(=O)[C@@H]1C[C@H](NCc2ccccc2)CN1C(C)C. The van der Waals surface area contributed by atoms with Crippen LogP contribution in [0.15, 0.2) is 30.3 Å². The summed E-state index contributed by atoms with van der Waals surface area (Å²) in [6.07, 6.45) is 0.851. The molecule has 5 heteroatoms. The molecule has 128 valence electrons. The third-order valence-corrected chi connectivity index (χ3v) is 4.35. The summed E-state index contributed by atoms with van der Waals surface area (Å²) in [5.41, 5.74) is 1.27. The zero-order valence-electron chi connectivity index (χ0n) is 14.4. The summed E-state index contributed by atoms with van der Waals surface area (Å²) in [7, 11) is 1.64. The monoisotopic (exact) mass is 319 g/mol. The third-order valence-electron chi connectivity index (χ3n) is 4.35. The lowest BCUT2D eigenvalue weighted by Gasteiger charge is -2.27. The highest BCUT2D eigenvalue weighted by molar-refractivity contribution is 5.82. The van der Waals surface area contributed by atoms with Crippen LogP contribution in [0.2, 0.25) is 0 Å². The first-order valence-electron chi connectivity index (χ1n) is 8.41. The van der Waals surface area contributed by atoms with Gasteiger partial charge >= 0.3 is 0 Å². The molecule has 0 bridgehead atoms. The van der Waals surface area contributed by atoms with Gasteiger partial charge in [-0.15, -0.1) is 0 Å². The van der Waals surface area contributed by atoms with Crippen molar-refractivity contribution in [2.75, 3.05) is 26.8 Å². The number of carbonyl (C=O) groups is 1. The van der Waals surface area contributed by atoms with Crippen LogP contribution in [-0.4, -0.2) is 55.7 Å². The number of ether oxygens (including phenoxy) is 1. The number of hydrogen-bond acceptors (Lipinski definition) is 4. The molecule has 0 spiro atoms. The molecule has 1 fully saturated rings. The van der Waals surface area contributed by atoms with Crippen molar-refractivity contribution in [1.82, 2.24) is 15.5 Å². The topological polar surface area (TPSA) is 53.6 Å². The normalized spacial score (nSPS) is 21.7. The van der Waals surface area contributed by atoms with E-state index in [1.54, 1.807) is 7.11 Å². The zero-order valence-corrected chi connectivity index (χ0v) is 14.4. The lowest BCUT2D eigenvalue weighted by molar-refractivity contribution is -0.126. The Morgan fingerprint density at radius 2 is 2.09 bits per heavy atom. The molecule has 23 heavy (non-hydrogen) atoms. The highest BCUT2D eigenvalue weighted by Crippen LogP contribution is 2.21. The summed E-state index contributed by atoms with van der Waals surface area (Å²) in [5.74, 6) is 0.111. The van der Waals surface area contributed by atoms with Gasteiger partial charge in [0.25, 0.3) is 0 Å². The number of hydrogen-bond donors (Lipinski definition) is 2. The maximum absolute atomic E-state index is 12.4. The van der Waals surface area contributed by atoms with E-state index in [0.29, 0.717) is 25.2 Å². The first kappa shape index (κ1) is 17.9. The zero-order chi connectivity index (χ0) is 16.7. The van der Waals surface area contributed by atoms with Gasteiger partial charge in [0.2, 0.25) is 5.91 Å². The molecular formula is C18H29N3O2. The van der Waals surface area contributed by atoms with Gasteiger partial charge in [0.15, 0.2) is 0 Å². The number of nitrogens with one attached hydrogen (secondary N) is 2. The van der Waals surface area contributed by atoms with Crippen molar-refractivity contribution < 1.29 is 9.53 Å². The van der Waals surface area contributed by atoms with Crippen LogP contribution in [0.5, 0.6) is 0 Å². The summed E-state index contributed by atoms with van der Waals surface area (Å²) in [6.45, 7) is 7.17. The molecule has 0 unspecified atom stereocenters. The number of rotatable bonds is 8. The first-order chi connectivity index (χ1) is 11.1. The predicted molar refractivity (Wildman–Crippen MR) is 92.2 cm³/mol. The number of amides is 1. The van der Waals surface area contributed by atoms with Crippen molar-refractivity contribution in [3.05, 3.63) is 35.9 Å². The summed E-state index contributed by atoms with van der Waals surface area (Å²) >= 11 is 0. The number of benzene rings is 1. The van der Waals surface area contributed by atoms with E-state index >= 15 is 0 Å². The average molecular weight is 319 g/mol. The molecule has 2 atom stereocenters. The fourth-order valence-corrected chi connectivity index (χ4v) is 3.09. The van der Waals surface area contributed by atoms with Crippen molar-refractivity contribution in [2.45, 2.75) is 44.9 Å². The van der Waals surface area contributed by atoms with Gasteiger partial charge < -0.3 is 15.4 Å². The Morgan fingerprint density at radius 1 is 1.35 bits per heavy atom. The Bertz CT molecular complexity index is 478. The lowest BCUT2D eigenvalue weighted by atomic mass is 10.1. The fourth-order valence-electron chi connectivity index (χ4n) is 3.09. The highest BCUT2D eigenvalue weighted by atomic mass is 16.5. The van der Waals surface area contributed by atoms with E-state index in [1.807, 2.05) is 6.07 Å². The van der Waals surface area contributed by atoms with Crippen molar-refractivity contribution >= 4 is 5.91 Å². The molecule has 1 aliphatic heterocycles. The van der Waals surface area contributed by atoms with Crippen molar-refractivity contribution in [3.63, 3.8) is 0 Å². The van der Waals surface area contributed by atoms with Crippen LogP contribution >= 0.6 is 0 Å². The molecule has 1 aromatic carbocycles. The standard InChI is InChI=1S/C18H29N3O2/c1-14(2)21-13-16(20-12-15-7-5-4-6-8-15)11-17(21)18(22)19-9-10-23-3/h4-8,14,16-17,20H,9-13H2,1-3H3,(H,19,22)/t16-,17-/m0/s1. The van der Waals surface area contributed by atoms with E-state index in [0.717, 1.165) is 19.5 Å². The van der Waals surface area contributed by atoms with E-state index in [-0.39, 0.29) is 11.9 Å². The highest BCUT2D eigenvalue weighted by Gasteiger charge is 2.37. The van der Waals surface area contributed by atoms with Gasteiger partial charge in [-0.25, -0.2) is 0 Å². The molecule has 1 heterocycles. The molecule has 0 radical (unpaired) electrons. The molecule has 2 rings (SSSR count). The smallest absolute Gasteiger partial charge is 0.237 e. The van der Waals surface area contributed by atoms with Crippen molar-refractivity contribution in [2.24, 2.45) is 0 Å². The number of carbonyl (C=O) groups excluding carboxylic acids is 1. The summed E-state index contributed by atoms with van der Waals surface area (Å²) < 4.78 is 5.00. The number of methoxy groups -OCH3 is 1. The molecule has 1 saturated heterocycles. The predicted octanol–water partition coefficient (Wildman–Crippen LogP) is 1.39. The van der Waals surface area contributed by atoms with Gasteiger partial charge in [-0.05, 0) is 25.8 Å². The van der Waals surface area contributed by atoms with E-state index < -0.39 is 0 Å². The molecular weight excluding hydrogens is 290 g/mol. The molecule has 0 saturated carbocycles. The van der Waals surface area contributed by atoms with E-state index in [2.05, 4.69) is 53.6 Å². The quantitative estimate of drug-likeness (QED) is 0.711. The molecule has 0 aromatic heterocycles. The van der Waals surface area contributed by atoms with E-state index in [1.165, 1.54) is 5.56 Å². The summed E-state index contributed by atoms with van der Waals surface area (Å²) in [5, 5.41) is 6.56. The number of nitrogens with zero attached hydrogens (tertiary/aromatic N) is 1. The molecule has 1 aliphatic rings. The fraction of sp³-hybridized carbons (Fsp3) is 0.611. The largest absolute Gasteiger partial charge is 0.383 e. The van der Waals surface area contributed by atoms with Gasteiger partial charge in [0.05, 0.1) is 12.6 Å². The minimum absolute atomic E-state index is 0.0554. The maximum atomic E-state index is 12.4. The Hall–Kier alpha value is -1.43. The molecule has 0 aliphatic carbocycles. The molecule has 5 nitrogen and oxygen atoms in total. The summed E-state index contributed by atoms with van der Waals surface area (Å²) in [4.78, 5) is 14.7. The Morgan fingerprint density at radius 3 is 2.74 bits per heavy atom. The molecule has 2 N–H and O–H groups in total. The van der Waals surface area contributed by atoms with E-state index in [9.17, 15) is 4.79 Å². The maximum Gasteiger partial charge on any atom is 0.237 e. The van der Waals surface area contributed by atoms with Crippen LogP contribution in [0.3, 0.4) is 0 Å². The minimum Gasteiger partial charge on any atom is -0.383 e. The Labute approximate surface area is 139 Å². The van der Waals surface area contributed by atoms with Gasteiger partial charge in [0.1, 0.15) is 0 Å². The Kier molecular flexibility index (Phi) is 7.02. The third kappa shape index (κ3) is 5.30. The summed E-state index contributed by atoms with van der Waals surface area (Å²) in [6, 6.07) is 11.0. The van der Waals surface area contributed by atoms with Crippen molar-refractivity contribution in [3.8, 4) is 0 Å². The second kappa shape index (κ2) is 9.01. The second-order valence-electron chi connectivity index (χ2n) is 6.39. The molecule has 1 amide bonds. The molecule has 1 aromatic rings. The van der Waals surface area contributed by atoms with E-state index in [4.69, 9.17) is 4.74 Å². The first-order valence-corrected chi connectivity index (χ1v) is 8.41. The van der Waals surface area contributed by atoms with Crippen LogP contribution < -0.4 is 10.6 Å². The van der Waals surface area contributed by atoms with Gasteiger partial charge in [0, 0.05) is 38.8 Å². The van der Waals surface area contributed by atoms with Crippen LogP contribution in [-0.2, 0) is 16.1 Å². The number of likely N-dealkylation sites (tertiary alicyclic amines) is 1. The van der Waals surface area contributed by atoms with Gasteiger partial charge in [-0.3, -0.25) is 9.69 Å². The van der Waals surface area contributed by atoms with Gasteiger partial charge in [-0.1, -0.05) is 30.3 Å². The Balaban J connectivity index is 1.88.